The van der Waals surface area contributed by atoms with Crippen LogP contribution < -0.4 is 10.4 Å². The zero-order valence-electron chi connectivity index (χ0n) is 9.79. The second kappa shape index (κ2) is 4.47. The summed E-state index contributed by atoms with van der Waals surface area (Å²) in [5.74, 6) is 1.39. The molecule has 7 nitrogen and oxygen atoms in total. The smallest absolute Gasteiger partial charge is 0.349 e. The van der Waals surface area contributed by atoms with Crippen molar-refractivity contribution in [3.63, 3.8) is 0 Å². The lowest BCUT2D eigenvalue weighted by Gasteiger charge is -2.05. The largest absolute Gasteiger partial charge is 0.437 e. The Bertz CT molecular complexity index is 810. The number of aryl methyl sites for hydroxylation is 1. The summed E-state index contributed by atoms with van der Waals surface area (Å²) in [6, 6.07) is 3.34. The average Bonchev–Trinajstić information content (AvgIpc) is 2.71. The van der Waals surface area contributed by atoms with E-state index < -0.39 is 0 Å². The molecule has 1 N–H and O–H groups in total. The summed E-state index contributed by atoms with van der Waals surface area (Å²) in [4.78, 5) is 19.7. The fraction of sp³-hybridized carbons (Fsp3) is 0.0909. The molecule has 0 aliphatic heterocycles. The van der Waals surface area contributed by atoms with Gasteiger partial charge in [0.25, 0.3) is 0 Å². The van der Waals surface area contributed by atoms with E-state index in [4.69, 9.17) is 4.74 Å². The highest BCUT2D eigenvalue weighted by Gasteiger charge is 2.08. The first-order valence-corrected chi connectivity index (χ1v) is 6.16. The minimum absolute atomic E-state index is 0.323. The Morgan fingerprint density at radius 2 is 2.21 bits per heavy atom. The Balaban J connectivity index is 2.04. The van der Waals surface area contributed by atoms with Crippen LogP contribution in [0, 0.1) is 6.92 Å². The van der Waals surface area contributed by atoms with Crippen molar-refractivity contribution >= 4 is 21.6 Å². The summed E-state index contributed by atoms with van der Waals surface area (Å²) < 4.78 is 7.76. The molecule has 0 atom stereocenters. The summed E-state index contributed by atoms with van der Waals surface area (Å²) >= 11 is 3.31. The fourth-order valence-electron chi connectivity index (χ4n) is 1.69. The van der Waals surface area contributed by atoms with E-state index in [1.165, 1.54) is 4.40 Å². The highest BCUT2D eigenvalue weighted by Crippen LogP contribution is 2.22. The third-order valence-electron chi connectivity index (χ3n) is 2.45. The summed E-state index contributed by atoms with van der Waals surface area (Å²) in [5, 5.41) is 6.24. The lowest BCUT2D eigenvalue weighted by molar-refractivity contribution is 0.457. The van der Waals surface area contributed by atoms with Gasteiger partial charge in [-0.15, -0.1) is 0 Å². The number of nitrogens with zero attached hydrogens (tertiary/aromatic N) is 4. The van der Waals surface area contributed by atoms with E-state index in [0.29, 0.717) is 23.1 Å². The van der Waals surface area contributed by atoms with Crippen LogP contribution in [-0.4, -0.2) is 24.6 Å². The van der Waals surface area contributed by atoms with Gasteiger partial charge in [-0.25, -0.2) is 14.3 Å². The molecule has 96 valence electrons. The van der Waals surface area contributed by atoms with Gasteiger partial charge in [0.1, 0.15) is 11.6 Å². The zero-order chi connectivity index (χ0) is 13.4. The van der Waals surface area contributed by atoms with Gasteiger partial charge >= 0.3 is 5.69 Å². The van der Waals surface area contributed by atoms with Gasteiger partial charge in [-0.1, -0.05) is 0 Å². The quantitative estimate of drug-likeness (QED) is 0.776. The Morgan fingerprint density at radius 3 is 3.00 bits per heavy atom. The monoisotopic (exact) mass is 321 g/mol. The molecular formula is C11H8BrN5O2. The molecular weight excluding hydrogens is 314 g/mol. The van der Waals surface area contributed by atoms with E-state index in [2.05, 4.69) is 36.1 Å². The van der Waals surface area contributed by atoms with Crippen LogP contribution in [0.5, 0.6) is 11.6 Å². The number of aromatic amines is 1. The molecule has 0 aliphatic rings. The molecule has 0 saturated heterocycles. The summed E-state index contributed by atoms with van der Waals surface area (Å²) in [5.41, 5.74) is 0.131. The van der Waals surface area contributed by atoms with Crippen LogP contribution in [0.4, 0.5) is 0 Å². The number of H-pyrrole nitrogens is 1. The number of aromatic nitrogens is 5. The average molecular weight is 322 g/mol. The zero-order valence-corrected chi connectivity index (χ0v) is 11.4. The van der Waals surface area contributed by atoms with Gasteiger partial charge in [-0.3, -0.25) is 4.98 Å². The van der Waals surface area contributed by atoms with E-state index in [1.54, 1.807) is 31.5 Å². The maximum absolute atomic E-state index is 11.5. The highest BCUT2D eigenvalue weighted by atomic mass is 79.9. The molecule has 0 aromatic carbocycles. The lowest BCUT2D eigenvalue weighted by atomic mass is 10.4. The third-order valence-corrected chi connectivity index (χ3v) is 2.88. The molecule has 3 rings (SSSR count). The highest BCUT2D eigenvalue weighted by molar-refractivity contribution is 9.10. The van der Waals surface area contributed by atoms with Gasteiger partial charge in [0.05, 0.1) is 6.20 Å². The Labute approximate surface area is 115 Å². The summed E-state index contributed by atoms with van der Waals surface area (Å²) in [6.45, 7) is 1.70. The van der Waals surface area contributed by atoms with Gasteiger partial charge < -0.3 is 4.74 Å². The van der Waals surface area contributed by atoms with Crippen LogP contribution >= 0.6 is 15.9 Å². The van der Waals surface area contributed by atoms with E-state index in [0.717, 1.165) is 4.47 Å². The molecule has 0 radical (unpaired) electrons. The van der Waals surface area contributed by atoms with Crippen molar-refractivity contribution in [3.05, 3.63) is 45.3 Å². The van der Waals surface area contributed by atoms with Gasteiger partial charge in [-0.2, -0.15) is 10.1 Å². The van der Waals surface area contributed by atoms with Crippen molar-refractivity contribution in [1.82, 2.24) is 24.6 Å². The summed E-state index contributed by atoms with van der Waals surface area (Å²) in [7, 11) is 0. The van der Waals surface area contributed by atoms with Crippen molar-refractivity contribution in [2.24, 2.45) is 0 Å². The number of nitrogens with one attached hydrogen (secondary N) is 1. The Kier molecular flexibility index (Phi) is 2.79. The van der Waals surface area contributed by atoms with Crippen molar-refractivity contribution < 1.29 is 4.74 Å². The van der Waals surface area contributed by atoms with Crippen molar-refractivity contribution in [1.29, 1.82) is 0 Å². The molecule has 0 fully saturated rings. The molecule has 8 heteroatoms. The van der Waals surface area contributed by atoms with Crippen molar-refractivity contribution in [2.45, 2.75) is 6.92 Å². The number of hydrogen-bond acceptors (Lipinski definition) is 5. The first-order valence-electron chi connectivity index (χ1n) is 5.37. The van der Waals surface area contributed by atoms with Crippen LogP contribution in [0.1, 0.15) is 5.82 Å². The van der Waals surface area contributed by atoms with Gasteiger partial charge in [0, 0.05) is 16.7 Å². The number of halogens is 1. The normalized spacial score (nSPS) is 10.8. The van der Waals surface area contributed by atoms with Crippen LogP contribution in [0.15, 0.2) is 33.8 Å². The van der Waals surface area contributed by atoms with E-state index in [9.17, 15) is 4.79 Å². The third kappa shape index (κ3) is 2.22. The predicted molar refractivity (Wildman–Crippen MR) is 70.4 cm³/mol. The van der Waals surface area contributed by atoms with E-state index in [1.807, 2.05) is 0 Å². The fourth-order valence-corrected chi connectivity index (χ4v) is 2.04. The number of rotatable bonds is 2. The van der Waals surface area contributed by atoms with Crippen LogP contribution in [0.25, 0.3) is 5.65 Å². The molecule has 3 aromatic heterocycles. The number of fused-ring (bicyclic) bond motifs is 1. The minimum atomic E-state index is -0.323. The maximum Gasteiger partial charge on any atom is 0.349 e. The molecule has 0 saturated carbocycles. The van der Waals surface area contributed by atoms with Crippen molar-refractivity contribution in [3.8, 4) is 11.6 Å². The van der Waals surface area contributed by atoms with Crippen LogP contribution in [-0.2, 0) is 0 Å². The van der Waals surface area contributed by atoms with E-state index in [-0.39, 0.29) is 5.69 Å². The second-order valence-electron chi connectivity index (χ2n) is 3.80. The molecule has 0 aliphatic carbocycles. The van der Waals surface area contributed by atoms with Gasteiger partial charge in [-0.05, 0) is 28.9 Å². The van der Waals surface area contributed by atoms with Crippen molar-refractivity contribution in [2.75, 3.05) is 0 Å². The van der Waals surface area contributed by atoms with Gasteiger partial charge in [0.2, 0.25) is 5.88 Å². The number of ether oxygens (including phenoxy) is 1. The Hall–Kier alpha value is -2.22. The van der Waals surface area contributed by atoms with E-state index >= 15 is 0 Å². The topological polar surface area (TPSA) is 85.2 Å². The Morgan fingerprint density at radius 1 is 1.37 bits per heavy atom. The first kappa shape index (κ1) is 11.8. The van der Waals surface area contributed by atoms with Crippen LogP contribution in [0.2, 0.25) is 0 Å². The standard InChI is InChI=1S/C11H8BrN5O2/c1-6-14-10(3-9-15-16-11(18)17(6)9)19-8-2-7(12)4-13-5-8/h2-5H,1H3,(H,16,18). The number of pyridine rings is 1. The maximum atomic E-state index is 11.5. The second-order valence-corrected chi connectivity index (χ2v) is 4.72. The molecule has 0 spiro atoms. The van der Waals surface area contributed by atoms with Crippen LogP contribution in [0.3, 0.4) is 0 Å². The molecule has 3 aromatic rings. The lowest BCUT2D eigenvalue weighted by Crippen LogP contribution is -2.13. The molecule has 0 unspecified atom stereocenters. The molecule has 0 amide bonds. The molecule has 0 bridgehead atoms. The summed E-state index contributed by atoms with van der Waals surface area (Å²) in [6.07, 6.45) is 3.23. The SMILES string of the molecule is Cc1nc(Oc2cncc(Br)c2)cc2n[nH]c(=O)n12. The predicted octanol–water partition coefficient (Wildman–Crippen LogP) is 1.68. The van der Waals surface area contributed by atoms with Gasteiger partial charge in [0.15, 0.2) is 5.65 Å². The first-order chi connectivity index (χ1) is 9.13. The number of hydrogen-bond donors (Lipinski definition) is 1. The molecule has 3 heterocycles. The molecule has 19 heavy (non-hydrogen) atoms. The minimum Gasteiger partial charge on any atom is -0.437 e.